The van der Waals surface area contributed by atoms with Crippen LogP contribution in [-0.2, 0) is 9.59 Å². The first-order valence-corrected chi connectivity index (χ1v) is 11.8. The largest absolute Gasteiger partial charge is 0.342 e. The molecule has 2 saturated heterocycles. The number of hydrogen-bond acceptors (Lipinski definition) is 3. The van der Waals surface area contributed by atoms with Gasteiger partial charge in [0.25, 0.3) is 5.91 Å². The van der Waals surface area contributed by atoms with Crippen LogP contribution in [0.25, 0.3) is 0 Å². The van der Waals surface area contributed by atoms with E-state index in [-0.39, 0.29) is 29.6 Å². The summed E-state index contributed by atoms with van der Waals surface area (Å²) in [6.07, 6.45) is 6.03. The smallest absolute Gasteiger partial charge is 0.252 e. The third kappa shape index (κ3) is 5.86. The number of carbonyl (C=O) groups excluding carboxylic acids is 3. The summed E-state index contributed by atoms with van der Waals surface area (Å²) in [5, 5.41) is 2.96. The van der Waals surface area contributed by atoms with Crippen LogP contribution in [0.15, 0.2) is 24.3 Å². The Morgan fingerprint density at radius 1 is 0.903 bits per heavy atom. The molecule has 0 unspecified atom stereocenters. The Morgan fingerprint density at radius 2 is 1.52 bits per heavy atom. The van der Waals surface area contributed by atoms with Crippen LogP contribution in [0.5, 0.6) is 0 Å². The first-order chi connectivity index (χ1) is 14.9. The Hall–Kier alpha value is -2.37. The minimum atomic E-state index is -0.565. The van der Waals surface area contributed by atoms with Gasteiger partial charge in [-0.05, 0) is 50.2 Å². The maximum Gasteiger partial charge on any atom is 0.252 e. The van der Waals surface area contributed by atoms with E-state index in [1.165, 1.54) is 12.8 Å². The molecule has 1 aromatic rings. The molecule has 0 bridgehead atoms. The summed E-state index contributed by atoms with van der Waals surface area (Å²) in [6, 6.07) is 6.85. The Labute approximate surface area is 186 Å². The van der Waals surface area contributed by atoms with Crippen LogP contribution in [-0.4, -0.2) is 59.7 Å². The van der Waals surface area contributed by atoms with Crippen molar-refractivity contribution < 1.29 is 14.4 Å². The standard InChI is InChI=1S/C25H37N3O3/c1-18(2)22(26-23(29)21-11-7-6-10-19(21)3)25(31)28-16-12-20(13-17-28)24(30)27-14-8-4-5-9-15-27/h6-7,10-11,18,20,22H,4-5,8-9,12-17H2,1-3H3,(H,26,29)/t22-/m0/s1. The lowest BCUT2D eigenvalue weighted by atomic mass is 9.93. The summed E-state index contributed by atoms with van der Waals surface area (Å²) < 4.78 is 0. The van der Waals surface area contributed by atoms with E-state index < -0.39 is 6.04 Å². The summed E-state index contributed by atoms with van der Waals surface area (Å²) in [5.41, 5.74) is 1.49. The van der Waals surface area contributed by atoms with E-state index in [2.05, 4.69) is 5.32 Å². The molecule has 0 saturated carbocycles. The van der Waals surface area contributed by atoms with Gasteiger partial charge < -0.3 is 15.1 Å². The number of nitrogens with zero attached hydrogens (tertiary/aromatic N) is 2. The van der Waals surface area contributed by atoms with Gasteiger partial charge in [-0.3, -0.25) is 14.4 Å². The van der Waals surface area contributed by atoms with Gasteiger partial charge in [0.15, 0.2) is 0 Å². The summed E-state index contributed by atoms with van der Waals surface area (Å²) in [6.45, 7) is 8.70. The zero-order chi connectivity index (χ0) is 22.4. The molecule has 6 heteroatoms. The Balaban J connectivity index is 1.57. The minimum Gasteiger partial charge on any atom is -0.342 e. The molecular weight excluding hydrogens is 390 g/mol. The second-order valence-corrected chi connectivity index (χ2v) is 9.35. The highest BCUT2D eigenvalue weighted by Crippen LogP contribution is 2.23. The fourth-order valence-electron chi connectivity index (χ4n) is 4.65. The lowest BCUT2D eigenvalue weighted by Crippen LogP contribution is -2.54. The molecule has 3 rings (SSSR count). The van der Waals surface area contributed by atoms with Gasteiger partial charge in [0.2, 0.25) is 11.8 Å². The van der Waals surface area contributed by atoms with E-state index in [9.17, 15) is 14.4 Å². The number of nitrogens with one attached hydrogen (secondary N) is 1. The predicted molar refractivity (Wildman–Crippen MR) is 122 cm³/mol. The number of piperidine rings is 1. The van der Waals surface area contributed by atoms with E-state index in [0.717, 1.165) is 31.5 Å². The van der Waals surface area contributed by atoms with E-state index in [0.29, 0.717) is 31.5 Å². The highest BCUT2D eigenvalue weighted by Gasteiger charge is 2.34. The number of likely N-dealkylation sites (tertiary alicyclic amines) is 2. The molecule has 170 valence electrons. The second-order valence-electron chi connectivity index (χ2n) is 9.35. The maximum atomic E-state index is 13.2. The molecule has 2 aliphatic rings. The van der Waals surface area contributed by atoms with E-state index in [1.807, 2.05) is 48.8 Å². The summed E-state index contributed by atoms with van der Waals surface area (Å²) in [4.78, 5) is 42.8. The first kappa shape index (κ1) is 23.3. The monoisotopic (exact) mass is 427 g/mol. The van der Waals surface area contributed by atoms with Gasteiger partial charge in [0.05, 0.1) is 0 Å². The van der Waals surface area contributed by atoms with Crippen molar-refractivity contribution in [1.82, 2.24) is 15.1 Å². The van der Waals surface area contributed by atoms with Gasteiger partial charge in [-0.15, -0.1) is 0 Å². The van der Waals surface area contributed by atoms with E-state index >= 15 is 0 Å². The van der Waals surface area contributed by atoms with Gasteiger partial charge in [-0.25, -0.2) is 0 Å². The van der Waals surface area contributed by atoms with Crippen LogP contribution in [0.3, 0.4) is 0 Å². The van der Waals surface area contributed by atoms with Crippen LogP contribution in [0, 0.1) is 18.8 Å². The number of hydrogen-bond donors (Lipinski definition) is 1. The van der Waals surface area contributed by atoms with Crippen LogP contribution >= 0.6 is 0 Å². The predicted octanol–water partition coefficient (Wildman–Crippen LogP) is 3.39. The third-order valence-corrected chi connectivity index (χ3v) is 6.68. The molecule has 31 heavy (non-hydrogen) atoms. The Bertz CT molecular complexity index is 776. The quantitative estimate of drug-likeness (QED) is 0.783. The molecular formula is C25H37N3O3. The molecule has 0 aromatic heterocycles. The highest BCUT2D eigenvalue weighted by atomic mass is 16.2. The zero-order valence-corrected chi connectivity index (χ0v) is 19.2. The normalized spacial score (nSPS) is 19.1. The lowest BCUT2D eigenvalue weighted by Gasteiger charge is -2.36. The minimum absolute atomic E-state index is 0.0150. The van der Waals surface area contributed by atoms with Crippen molar-refractivity contribution in [3.8, 4) is 0 Å². The topological polar surface area (TPSA) is 69.7 Å². The van der Waals surface area contributed by atoms with Gasteiger partial charge in [-0.2, -0.15) is 0 Å². The molecule has 0 spiro atoms. The van der Waals surface area contributed by atoms with Gasteiger partial charge in [-0.1, -0.05) is 44.9 Å². The van der Waals surface area contributed by atoms with Crippen LogP contribution < -0.4 is 5.32 Å². The SMILES string of the molecule is Cc1ccccc1C(=O)N[C@H](C(=O)N1CCC(C(=O)N2CCCCCC2)CC1)C(C)C. The number of amides is 3. The first-order valence-electron chi connectivity index (χ1n) is 11.8. The molecule has 0 aliphatic carbocycles. The molecule has 1 atom stereocenters. The van der Waals surface area contributed by atoms with E-state index in [1.54, 1.807) is 6.07 Å². The Morgan fingerprint density at radius 3 is 2.10 bits per heavy atom. The van der Waals surface area contributed by atoms with Crippen molar-refractivity contribution >= 4 is 17.7 Å². The highest BCUT2D eigenvalue weighted by molar-refractivity contribution is 5.98. The average Bonchev–Trinajstić information content (AvgIpc) is 3.06. The number of carbonyl (C=O) groups is 3. The van der Waals surface area contributed by atoms with Crippen molar-refractivity contribution in [1.29, 1.82) is 0 Å². The van der Waals surface area contributed by atoms with Crippen molar-refractivity contribution in [2.24, 2.45) is 11.8 Å². The number of rotatable bonds is 5. The van der Waals surface area contributed by atoms with Crippen LogP contribution in [0.1, 0.15) is 68.3 Å². The van der Waals surface area contributed by atoms with Crippen molar-refractivity contribution in [3.63, 3.8) is 0 Å². The number of aryl methyl sites for hydroxylation is 1. The van der Waals surface area contributed by atoms with Gasteiger partial charge >= 0.3 is 0 Å². The second kappa shape index (κ2) is 10.8. The van der Waals surface area contributed by atoms with Crippen molar-refractivity contribution in [2.75, 3.05) is 26.2 Å². The van der Waals surface area contributed by atoms with Gasteiger partial charge in [0, 0.05) is 37.7 Å². The summed E-state index contributed by atoms with van der Waals surface area (Å²) in [7, 11) is 0. The molecule has 2 aliphatic heterocycles. The summed E-state index contributed by atoms with van der Waals surface area (Å²) >= 11 is 0. The van der Waals surface area contributed by atoms with Crippen molar-refractivity contribution in [3.05, 3.63) is 35.4 Å². The van der Waals surface area contributed by atoms with Crippen molar-refractivity contribution in [2.45, 2.75) is 65.3 Å². The molecule has 6 nitrogen and oxygen atoms in total. The fraction of sp³-hybridized carbons (Fsp3) is 0.640. The van der Waals surface area contributed by atoms with E-state index in [4.69, 9.17) is 0 Å². The molecule has 3 amide bonds. The molecule has 2 heterocycles. The lowest BCUT2D eigenvalue weighted by molar-refractivity contribution is -0.142. The molecule has 2 fully saturated rings. The average molecular weight is 428 g/mol. The van der Waals surface area contributed by atoms with Gasteiger partial charge in [0.1, 0.15) is 6.04 Å². The number of benzene rings is 1. The fourth-order valence-corrected chi connectivity index (χ4v) is 4.65. The molecule has 1 N–H and O–H groups in total. The maximum absolute atomic E-state index is 13.2. The molecule has 0 radical (unpaired) electrons. The zero-order valence-electron chi connectivity index (χ0n) is 19.2. The van der Waals surface area contributed by atoms with Crippen LogP contribution in [0.4, 0.5) is 0 Å². The Kier molecular flexibility index (Phi) is 8.10. The third-order valence-electron chi connectivity index (χ3n) is 6.68. The summed E-state index contributed by atoms with van der Waals surface area (Å²) in [5.74, 6) is 0.00869. The van der Waals surface area contributed by atoms with Crippen LogP contribution in [0.2, 0.25) is 0 Å². The molecule has 1 aromatic carbocycles.